The maximum absolute atomic E-state index is 13.7. The van der Waals surface area contributed by atoms with Crippen LogP contribution in [0.5, 0.6) is 5.75 Å². The van der Waals surface area contributed by atoms with Gasteiger partial charge in [-0.25, -0.2) is 8.42 Å². The van der Waals surface area contributed by atoms with Crippen molar-refractivity contribution in [1.82, 2.24) is 9.46 Å². The Hall–Kier alpha value is -2.84. The zero-order chi connectivity index (χ0) is 23.0. The molecule has 7 nitrogen and oxygen atoms in total. The molecule has 3 aromatic rings. The van der Waals surface area contributed by atoms with Crippen LogP contribution in [-0.4, -0.2) is 50.7 Å². The van der Waals surface area contributed by atoms with E-state index in [1.807, 2.05) is 19.9 Å². The van der Waals surface area contributed by atoms with Crippen molar-refractivity contribution in [3.8, 4) is 17.1 Å². The van der Waals surface area contributed by atoms with Crippen LogP contribution in [0.25, 0.3) is 11.3 Å². The number of aryl methyl sites for hydroxylation is 2. The van der Waals surface area contributed by atoms with Gasteiger partial charge < -0.3 is 14.2 Å². The number of hydrogen-bond donors (Lipinski definition) is 0. The second-order valence-corrected chi connectivity index (χ2v) is 10.2. The highest BCUT2D eigenvalue weighted by Crippen LogP contribution is 2.35. The van der Waals surface area contributed by atoms with Crippen molar-refractivity contribution < 1.29 is 17.7 Å². The van der Waals surface area contributed by atoms with Crippen molar-refractivity contribution >= 4 is 15.7 Å². The topological polar surface area (TPSA) is 75.9 Å². The largest absolute Gasteiger partial charge is 0.495 e. The summed E-state index contributed by atoms with van der Waals surface area (Å²) in [5, 5.41) is 4.00. The summed E-state index contributed by atoms with van der Waals surface area (Å²) in [6, 6.07) is 13.4. The molecule has 1 fully saturated rings. The van der Waals surface area contributed by atoms with Crippen LogP contribution in [0.1, 0.15) is 23.7 Å². The van der Waals surface area contributed by atoms with Crippen LogP contribution < -0.4 is 9.64 Å². The van der Waals surface area contributed by atoms with E-state index in [4.69, 9.17) is 9.26 Å². The molecule has 0 N–H and O–H groups in total. The average molecular weight is 456 g/mol. The molecule has 2 heterocycles. The van der Waals surface area contributed by atoms with E-state index in [-0.39, 0.29) is 10.9 Å². The van der Waals surface area contributed by atoms with Gasteiger partial charge in [0.1, 0.15) is 10.6 Å². The zero-order valence-corrected chi connectivity index (χ0v) is 19.9. The number of anilines is 1. The summed E-state index contributed by atoms with van der Waals surface area (Å²) in [6.07, 6.45) is 0. The molecule has 0 spiro atoms. The number of hydrogen-bond acceptors (Lipinski definition) is 6. The van der Waals surface area contributed by atoms with Gasteiger partial charge in [0.2, 0.25) is 10.0 Å². The predicted molar refractivity (Wildman–Crippen MR) is 125 cm³/mol. The van der Waals surface area contributed by atoms with E-state index in [0.717, 1.165) is 16.9 Å². The number of methoxy groups -OCH3 is 1. The van der Waals surface area contributed by atoms with Crippen LogP contribution in [0, 0.1) is 20.8 Å². The molecule has 2 aromatic carbocycles. The van der Waals surface area contributed by atoms with Gasteiger partial charge in [0.15, 0.2) is 5.76 Å². The third-order valence-electron chi connectivity index (χ3n) is 6.12. The first-order valence-corrected chi connectivity index (χ1v) is 12.1. The van der Waals surface area contributed by atoms with Gasteiger partial charge >= 0.3 is 0 Å². The lowest BCUT2D eigenvalue weighted by molar-refractivity contribution is 0.339. The third-order valence-corrected chi connectivity index (χ3v) is 8.01. The number of piperazine rings is 1. The highest BCUT2D eigenvalue weighted by atomic mass is 32.2. The Morgan fingerprint density at radius 2 is 1.88 bits per heavy atom. The molecule has 0 saturated carbocycles. The lowest BCUT2D eigenvalue weighted by atomic mass is 10.1. The Bertz CT molecular complexity index is 1240. The first kappa shape index (κ1) is 22.4. The Labute approximate surface area is 189 Å². The lowest BCUT2D eigenvalue weighted by Gasteiger charge is -2.40. The van der Waals surface area contributed by atoms with Gasteiger partial charge in [-0.05, 0) is 63.6 Å². The highest BCUT2D eigenvalue weighted by Gasteiger charge is 2.34. The SMILES string of the molecule is COc1ccc(-c2onc(C)c2C)cc1S(=O)(=O)N1CCN(c2cccc(C)c2)[C@@H](C)C1. The van der Waals surface area contributed by atoms with E-state index in [9.17, 15) is 8.42 Å². The first-order valence-electron chi connectivity index (χ1n) is 10.7. The second-order valence-electron chi connectivity index (χ2n) is 8.33. The third kappa shape index (κ3) is 4.00. The predicted octanol–water partition coefficient (Wildman–Crippen LogP) is 4.17. The summed E-state index contributed by atoms with van der Waals surface area (Å²) >= 11 is 0. The number of nitrogens with zero attached hydrogens (tertiary/aromatic N) is 3. The lowest BCUT2D eigenvalue weighted by Crippen LogP contribution is -2.53. The number of rotatable bonds is 5. The monoisotopic (exact) mass is 455 g/mol. The maximum atomic E-state index is 13.7. The van der Waals surface area contributed by atoms with Crippen LogP contribution in [0.15, 0.2) is 51.9 Å². The van der Waals surface area contributed by atoms with E-state index in [1.165, 1.54) is 12.7 Å². The van der Waals surface area contributed by atoms with Crippen molar-refractivity contribution in [3.63, 3.8) is 0 Å². The second kappa shape index (κ2) is 8.60. The molecule has 32 heavy (non-hydrogen) atoms. The molecule has 1 aliphatic rings. The van der Waals surface area contributed by atoms with Crippen LogP contribution in [0.2, 0.25) is 0 Å². The van der Waals surface area contributed by atoms with Crippen molar-refractivity contribution in [1.29, 1.82) is 0 Å². The Morgan fingerprint density at radius 1 is 1.09 bits per heavy atom. The zero-order valence-electron chi connectivity index (χ0n) is 19.1. The van der Waals surface area contributed by atoms with Gasteiger partial charge in [0, 0.05) is 42.5 Å². The summed E-state index contributed by atoms with van der Waals surface area (Å²) < 4.78 is 39.7. The van der Waals surface area contributed by atoms with Gasteiger partial charge in [0.25, 0.3) is 0 Å². The summed E-state index contributed by atoms with van der Waals surface area (Å²) in [6.45, 7) is 9.29. The Morgan fingerprint density at radius 3 is 2.50 bits per heavy atom. The van der Waals surface area contributed by atoms with E-state index >= 15 is 0 Å². The number of ether oxygens (including phenoxy) is 1. The number of aromatic nitrogens is 1. The van der Waals surface area contributed by atoms with Crippen LogP contribution >= 0.6 is 0 Å². The summed E-state index contributed by atoms with van der Waals surface area (Å²) in [4.78, 5) is 2.40. The van der Waals surface area contributed by atoms with Crippen molar-refractivity contribution in [2.45, 2.75) is 38.6 Å². The smallest absolute Gasteiger partial charge is 0.246 e. The molecule has 1 atom stereocenters. The van der Waals surface area contributed by atoms with Crippen molar-refractivity contribution in [3.05, 3.63) is 59.3 Å². The minimum atomic E-state index is -3.77. The van der Waals surface area contributed by atoms with Gasteiger partial charge in [-0.2, -0.15) is 4.31 Å². The Kier molecular flexibility index (Phi) is 6.01. The molecular weight excluding hydrogens is 426 g/mol. The molecule has 0 aliphatic carbocycles. The average Bonchev–Trinajstić information content (AvgIpc) is 3.11. The van der Waals surface area contributed by atoms with E-state index < -0.39 is 10.0 Å². The van der Waals surface area contributed by atoms with Gasteiger partial charge in [-0.15, -0.1) is 0 Å². The molecule has 4 rings (SSSR count). The molecule has 1 saturated heterocycles. The maximum Gasteiger partial charge on any atom is 0.246 e. The minimum absolute atomic E-state index is 0.0358. The molecule has 170 valence electrons. The fourth-order valence-electron chi connectivity index (χ4n) is 4.18. The van der Waals surface area contributed by atoms with Crippen molar-refractivity contribution in [2.75, 3.05) is 31.6 Å². The molecule has 1 aliphatic heterocycles. The fourth-order valence-corrected chi connectivity index (χ4v) is 5.87. The van der Waals surface area contributed by atoms with Crippen LogP contribution in [-0.2, 0) is 10.0 Å². The summed E-state index contributed by atoms with van der Waals surface area (Å²) in [5.41, 5.74) is 4.63. The summed E-state index contributed by atoms with van der Waals surface area (Å²) in [7, 11) is -2.29. The molecule has 0 amide bonds. The van der Waals surface area contributed by atoms with E-state index in [1.54, 1.807) is 22.5 Å². The van der Waals surface area contributed by atoms with Gasteiger partial charge in [-0.3, -0.25) is 0 Å². The molecule has 0 unspecified atom stereocenters. The van der Waals surface area contributed by atoms with Gasteiger partial charge in [0.05, 0.1) is 12.8 Å². The minimum Gasteiger partial charge on any atom is -0.495 e. The van der Waals surface area contributed by atoms with Gasteiger partial charge in [-0.1, -0.05) is 17.3 Å². The molecule has 0 radical (unpaired) electrons. The van der Waals surface area contributed by atoms with Crippen molar-refractivity contribution in [2.24, 2.45) is 0 Å². The van der Waals surface area contributed by atoms with Crippen LogP contribution in [0.3, 0.4) is 0 Å². The fraction of sp³-hybridized carbons (Fsp3) is 0.375. The molecule has 0 bridgehead atoms. The quantitative estimate of drug-likeness (QED) is 0.575. The van der Waals surface area contributed by atoms with E-state index in [2.05, 4.69) is 42.1 Å². The number of sulfonamides is 1. The standard InChI is InChI=1S/C24H29N3O4S/c1-16-7-6-8-21(13-16)27-12-11-26(15-17(27)2)32(28,29)23-14-20(9-10-22(23)30-5)24-18(3)19(4)25-31-24/h6-10,13-14,17H,11-12,15H2,1-5H3/t17-/m0/s1. The Balaban J connectivity index is 1.65. The molecule has 1 aromatic heterocycles. The number of benzene rings is 2. The normalized spacial score (nSPS) is 17.5. The molecule has 8 heteroatoms. The highest BCUT2D eigenvalue weighted by molar-refractivity contribution is 7.89. The molecular formula is C24H29N3O4S. The summed E-state index contributed by atoms with van der Waals surface area (Å²) in [5.74, 6) is 0.885. The van der Waals surface area contributed by atoms with Crippen LogP contribution in [0.4, 0.5) is 5.69 Å². The van der Waals surface area contributed by atoms with E-state index in [0.29, 0.717) is 36.7 Å². The first-order chi connectivity index (χ1) is 15.2.